The van der Waals surface area contributed by atoms with Crippen LogP contribution in [0.3, 0.4) is 0 Å². The average Bonchev–Trinajstić information content (AvgIpc) is 2.53. The van der Waals surface area contributed by atoms with E-state index in [4.69, 9.17) is 16.3 Å². The first-order valence-electron chi connectivity index (χ1n) is 7.96. The van der Waals surface area contributed by atoms with Gasteiger partial charge in [-0.05, 0) is 43.4 Å². The fourth-order valence-electron chi connectivity index (χ4n) is 2.30. The summed E-state index contributed by atoms with van der Waals surface area (Å²) in [4.78, 5) is 2.16. The summed E-state index contributed by atoms with van der Waals surface area (Å²) in [6.07, 6.45) is 0.824. The highest BCUT2D eigenvalue weighted by Crippen LogP contribution is 2.25. The van der Waals surface area contributed by atoms with Gasteiger partial charge in [0.2, 0.25) is 0 Å². The van der Waals surface area contributed by atoms with Gasteiger partial charge in [-0.1, -0.05) is 41.9 Å². The van der Waals surface area contributed by atoms with E-state index in [9.17, 15) is 0 Å². The molecule has 2 rings (SSSR count). The van der Waals surface area contributed by atoms with Crippen LogP contribution in [-0.4, -0.2) is 45.2 Å². The maximum absolute atomic E-state index is 6.14. The first-order valence-corrected chi connectivity index (χ1v) is 8.33. The normalized spacial score (nSPS) is 11.0. The zero-order valence-electron chi connectivity index (χ0n) is 13.9. The zero-order valence-corrected chi connectivity index (χ0v) is 14.6. The summed E-state index contributed by atoms with van der Waals surface area (Å²) in [6.45, 7) is 3.48. The summed E-state index contributed by atoms with van der Waals surface area (Å²) in [5, 5.41) is 4.12. The number of likely N-dealkylation sites (N-methyl/N-ethyl adjacent to an activating group) is 1. The van der Waals surface area contributed by atoms with E-state index in [-0.39, 0.29) is 0 Å². The van der Waals surface area contributed by atoms with Crippen LogP contribution in [0.2, 0.25) is 5.02 Å². The highest BCUT2D eigenvalue weighted by atomic mass is 35.5. The van der Waals surface area contributed by atoms with E-state index in [1.54, 1.807) is 0 Å². The number of hydrogen-bond acceptors (Lipinski definition) is 3. The Morgan fingerprint density at radius 1 is 1.04 bits per heavy atom. The first-order chi connectivity index (χ1) is 11.1. The molecule has 1 N–H and O–H groups in total. The van der Waals surface area contributed by atoms with E-state index in [1.165, 1.54) is 5.56 Å². The Labute approximate surface area is 144 Å². The second-order valence-corrected chi connectivity index (χ2v) is 6.25. The summed E-state index contributed by atoms with van der Waals surface area (Å²) in [7, 11) is 4.14. The second-order valence-electron chi connectivity index (χ2n) is 5.82. The summed E-state index contributed by atoms with van der Waals surface area (Å²) in [5.41, 5.74) is 2.38. The Balaban J connectivity index is 1.88. The highest BCUT2D eigenvalue weighted by Gasteiger charge is 2.06. The van der Waals surface area contributed by atoms with E-state index >= 15 is 0 Å². The molecule has 0 saturated heterocycles. The molecule has 3 nitrogen and oxygen atoms in total. The summed E-state index contributed by atoms with van der Waals surface area (Å²) in [6, 6.07) is 16.2. The fourth-order valence-corrected chi connectivity index (χ4v) is 2.50. The van der Waals surface area contributed by atoms with Crippen LogP contribution in [0.4, 0.5) is 0 Å². The third-order valence-electron chi connectivity index (χ3n) is 3.53. The lowest BCUT2D eigenvalue weighted by molar-refractivity contribution is 0.306. The Bertz CT molecular complexity index is 587. The summed E-state index contributed by atoms with van der Waals surface area (Å²) < 4.78 is 5.94. The number of nitrogens with one attached hydrogen (secondary N) is 1. The summed E-state index contributed by atoms with van der Waals surface area (Å²) in [5.74, 6) is 0.910. The van der Waals surface area contributed by atoms with Crippen molar-refractivity contribution in [1.82, 2.24) is 10.2 Å². The minimum absolute atomic E-state index is 0.650. The molecule has 2 aromatic rings. The van der Waals surface area contributed by atoms with Gasteiger partial charge in [0.15, 0.2) is 0 Å². The standard InChI is InChI=1S/C19H25ClN2O/c1-22(2)12-10-21-11-13-23-19-9-8-18(20)15-17(19)14-16-6-4-3-5-7-16/h3-9,15,21H,10-14H2,1-2H3. The van der Waals surface area contributed by atoms with Crippen molar-refractivity contribution in [2.24, 2.45) is 0 Å². The van der Waals surface area contributed by atoms with E-state index in [2.05, 4.69) is 48.6 Å². The SMILES string of the molecule is CN(C)CCNCCOc1ccc(Cl)cc1Cc1ccccc1. The van der Waals surface area contributed by atoms with Gasteiger partial charge in [-0.25, -0.2) is 0 Å². The van der Waals surface area contributed by atoms with Crippen molar-refractivity contribution in [3.05, 3.63) is 64.7 Å². The molecule has 0 radical (unpaired) electrons. The number of ether oxygens (including phenoxy) is 1. The molecule has 0 aromatic heterocycles. The van der Waals surface area contributed by atoms with Crippen molar-refractivity contribution in [1.29, 1.82) is 0 Å². The third kappa shape index (κ3) is 6.61. The van der Waals surface area contributed by atoms with Gasteiger partial charge in [0.05, 0.1) is 0 Å². The Morgan fingerprint density at radius 3 is 2.57 bits per heavy atom. The van der Waals surface area contributed by atoms with E-state index in [0.717, 1.165) is 42.4 Å². The van der Waals surface area contributed by atoms with Crippen molar-refractivity contribution >= 4 is 11.6 Å². The molecule has 0 aliphatic carbocycles. The van der Waals surface area contributed by atoms with Gasteiger partial charge in [0, 0.05) is 31.1 Å². The molecule has 0 aliphatic rings. The minimum atomic E-state index is 0.650. The third-order valence-corrected chi connectivity index (χ3v) is 3.77. The molecule has 0 unspecified atom stereocenters. The Kier molecular flexibility index (Phi) is 7.40. The molecule has 0 aliphatic heterocycles. The molecular formula is C19H25ClN2O. The fraction of sp³-hybridized carbons (Fsp3) is 0.368. The predicted molar refractivity (Wildman–Crippen MR) is 97.6 cm³/mol. The topological polar surface area (TPSA) is 24.5 Å². The molecule has 4 heteroatoms. The van der Waals surface area contributed by atoms with Gasteiger partial charge in [0.25, 0.3) is 0 Å². The minimum Gasteiger partial charge on any atom is -0.492 e. The van der Waals surface area contributed by atoms with Crippen LogP contribution in [0, 0.1) is 0 Å². The lowest BCUT2D eigenvalue weighted by Gasteiger charge is -2.14. The molecule has 2 aromatic carbocycles. The van der Waals surface area contributed by atoms with Gasteiger partial charge < -0.3 is 15.0 Å². The largest absolute Gasteiger partial charge is 0.492 e. The quantitative estimate of drug-likeness (QED) is 0.712. The Morgan fingerprint density at radius 2 is 1.83 bits per heavy atom. The van der Waals surface area contributed by atoms with Crippen LogP contribution in [0.5, 0.6) is 5.75 Å². The van der Waals surface area contributed by atoms with E-state index in [0.29, 0.717) is 6.61 Å². The zero-order chi connectivity index (χ0) is 16.5. The Hall–Kier alpha value is -1.55. The lowest BCUT2D eigenvalue weighted by Crippen LogP contribution is -2.29. The molecule has 23 heavy (non-hydrogen) atoms. The molecular weight excluding hydrogens is 308 g/mol. The molecule has 0 atom stereocenters. The van der Waals surface area contributed by atoms with Crippen LogP contribution in [0.25, 0.3) is 0 Å². The molecule has 0 bridgehead atoms. The number of nitrogens with zero attached hydrogens (tertiary/aromatic N) is 1. The monoisotopic (exact) mass is 332 g/mol. The van der Waals surface area contributed by atoms with E-state index in [1.807, 2.05) is 24.3 Å². The molecule has 0 heterocycles. The van der Waals surface area contributed by atoms with Crippen LogP contribution in [0.1, 0.15) is 11.1 Å². The number of benzene rings is 2. The van der Waals surface area contributed by atoms with Gasteiger partial charge in [-0.2, -0.15) is 0 Å². The number of halogens is 1. The van der Waals surface area contributed by atoms with Crippen molar-refractivity contribution in [2.75, 3.05) is 40.3 Å². The number of hydrogen-bond donors (Lipinski definition) is 1. The van der Waals surface area contributed by atoms with Crippen molar-refractivity contribution in [3.8, 4) is 5.75 Å². The van der Waals surface area contributed by atoms with Crippen molar-refractivity contribution in [2.45, 2.75) is 6.42 Å². The second kappa shape index (κ2) is 9.56. The maximum Gasteiger partial charge on any atom is 0.122 e. The summed E-state index contributed by atoms with van der Waals surface area (Å²) >= 11 is 6.14. The first kappa shape index (κ1) is 17.8. The lowest BCUT2D eigenvalue weighted by atomic mass is 10.0. The predicted octanol–water partition coefficient (Wildman–Crippen LogP) is 3.46. The molecule has 0 spiro atoms. The van der Waals surface area contributed by atoms with Gasteiger partial charge in [-0.3, -0.25) is 0 Å². The highest BCUT2D eigenvalue weighted by molar-refractivity contribution is 6.30. The molecule has 0 amide bonds. The van der Waals surface area contributed by atoms with Gasteiger partial charge in [-0.15, -0.1) is 0 Å². The van der Waals surface area contributed by atoms with Crippen molar-refractivity contribution < 1.29 is 4.74 Å². The van der Waals surface area contributed by atoms with Gasteiger partial charge >= 0.3 is 0 Å². The molecule has 124 valence electrons. The maximum atomic E-state index is 6.14. The van der Waals surface area contributed by atoms with Gasteiger partial charge in [0.1, 0.15) is 12.4 Å². The molecule has 0 saturated carbocycles. The average molecular weight is 333 g/mol. The van der Waals surface area contributed by atoms with Crippen LogP contribution in [0.15, 0.2) is 48.5 Å². The molecule has 0 fully saturated rings. The van der Waals surface area contributed by atoms with Crippen LogP contribution in [-0.2, 0) is 6.42 Å². The van der Waals surface area contributed by atoms with Crippen molar-refractivity contribution in [3.63, 3.8) is 0 Å². The number of rotatable bonds is 9. The van der Waals surface area contributed by atoms with Crippen LogP contribution < -0.4 is 10.1 Å². The van der Waals surface area contributed by atoms with E-state index < -0.39 is 0 Å². The van der Waals surface area contributed by atoms with Crippen LogP contribution >= 0.6 is 11.6 Å². The smallest absolute Gasteiger partial charge is 0.122 e.